The average Bonchev–Trinajstić information content (AvgIpc) is 2.89. The fraction of sp³-hybridized carbons (Fsp3) is 0.286. The highest BCUT2D eigenvalue weighted by Gasteiger charge is 2.18. The minimum Gasteiger partial charge on any atom is -0.339 e. The van der Waals surface area contributed by atoms with Gasteiger partial charge in [0.2, 0.25) is 5.95 Å². The summed E-state index contributed by atoms with van der Waals surface area (Å²) < 4.78 is 13.0. The quantitative estimate of drug-likeness (QED) is 0.806. The summed E-state index contributed by atoms with van der Waals surface area (Å²) in [7, 11) is 1.74. The number of rotatable bonds is 4. The summed E-state index contributed by atoms with van der Waals surface area (Å²) in [6, 6.07) is 6.79. The Hall–Kier alpha value is -1.75. The van der Waals surface area contributed by atoms with Crippen LogP contribution in [0.4, 0.5) is 4.39 Å². The number of pyridine rings is 1. The number of carbonyl (C=O) groups is 1. The topological polar surface area (TPSA) is 33.2 Å². The van der Waals surface area contributed by atoms with Gasteiger partial charge >= 0.3 is 0 Å². The number of thiophene rings is 1. The Morgan fingerprint density at radius 2 is 2.32 bits per heavy atom. The number of amides is 1. The molecule has 2 rings (SSSR count). The molecule has 0 fully saturated rings. The van der Waals surface area contributed by atoms with E-state index < -0.39 is 5.95 Å². The molecule has 2 aromatic heterocycles. The second-order valence-electron chi connectivity index (χ2n) is 4.42. The van der Waals surface area contributed by atoms with Gasteiger partial charge in [0.15, 0.2) is 0 Å². The summed E-state index contributed by atoms with van der Waals surface area (Å²) in [5, 5.41) is 2.02. The van der Waals surface area contributed by atoms with E-state index >= 15 is 0 Å². The molecule has 0 aromatic carbocycles. The van der Waals surface area contributed by atoms with Crippen LogP contribution in [-0.2, 0) is 6.42 Å². The van der Waals surface area contributed by atoms with Crippen molar-refractivity contribution in [2.24, 2.45) is 0 Å². The van der Waals surface area contributed by atoms with Crippen molar-refractivity contribution in [3.8, 4) is 0 Å². The Bertz CT molecular complexity index is 556. The number of aromatic nitrogens is 1. The van der Waals surface area contributed by atoms with Gasteiger partial charge in [-0.05, 0) is 24.4 Å². The lowest BCUT2D eigenvalue weighted by Crippen LogP contribution is -2.36. The normalized spacial score (nSPS) is 12.2. The molecular formula is C14H15FN2OS. The second-order valence-corrected chi connectivity index (χ2v) is 5.45. The van der Waals surface area contributed by atoms with Crippen LogP contribution in [-0.4, -0.2) is 28.9 Å². The van der Waals surface area contributed by atoms with E-state index in [0.29, 0.717) is 5.56 Å². The number of halogens is 1. The molecule has 3 nitrogen and oxygen atoms in total. The van der Waals surface area contributed by atoms with Crippen molar-refractivity contribution in [2.75, 3.05) is 7.05 Å². The average molecular weight is 278 g/mol. The molecule has 1 unspecified atom stereocenters. The van der Waals surface area contributed by atoms with Gasteiger partial charge in [-0.15, -0.1) is 11.3 Å². The maximum atomic E-state index is 13.0. The van der Waals surface area contributed by atoms with Crippen LogP contribution in [0.1, 0.15) is 22.2 Å². The van der Waals surface area contributed by atoms with Gasteiger partial charge in [-0.25, -0.2) is 4.98 Å². The first kappa shape index (κ1) is 13.7. The zero-order valence-electron chi connectivity index (χ0n) is 10.8. The lowest BCUT2D eigenvalue weighted by Gasteiger charge is -2.24. The summed E-state index contributed by atoms with van der Waals surface area (Å²) in [5.74, 6) is -0.824. The molecule has 0 radical (unpaired) electrons. The molecule has 0 saturated heterocycles. The number of hydrogen-bond acceptors (Lipinski definition) is 3. The fourth-order valence-corrected chi connectivity index (χ4v) is 2.62. The largest absolute Gasteiger partial charge is 0.339 e. The van der Waals surface area contributed by atoms with E-state index in [2.05, 4.69) is 4.98 Å². The summed E-state index contributed by atoms with van der Waals surface area (Å²) in [5.41, 5.74) is 0.327. The predicted molar refractivity (Wildman–Crippen MR) is 73.8 cm³/mol. The Balaban J connectivity index is 2.06. The maximum Gasteiger partial charge on any atom is 0.254 e. The number of nitrogens with zero attached hydrogens (tertiary/aromatic N) is 2. The van der Waals surface area contributed by atoms with Gasteiger partial charge in [0.25, 0.3) is 5.91 Å². The molecule has 0 N–H and O–H groups in total. The monoisotopic (exact) mass is 278 g/mol. The first-order valence-corrected chi connectivity index (χ1v) is 6.87. The van der Waals surface area contributed by atoms with E-state index in [9.17, 15) is 9.18 Å². The highest BCUT2D eigenvalue weighted by Crippen LogP contribution is 2.15. The highest BCUT2D eigenvalue weighted by atomic mass is 32.1. The highest BCUT2D eigenvalue weighted by molar-refractivity contribution is 7.09. The van der Waals surface area contributed by atoms with Crippen LogP contribution in [0, 0.1) is 5.95 Å². The van der Waals surface area contributed by atoms with Crippen LogP contribution in [0.15, 0.2) is 35.8 Å². The van der Waals surface area contributed by atoms with Crippen molar-refractivity contribution in [3.63, 3.8) is 0 Å². The van der Waals surface area contributed by atoms with Crippen LogP contribution >= 0.6 is 11.3 Å². The summed E-state index contributed by atoms with van der Waals surface area (Å²) in [6.45, 7) is 1.98. The second kappa shape index (κ2) is 5.93. The molecule has 19 heavy (non-hydrogen) atoms. The van der Waals surface area contributed by atoms with Gasteiger partial charge in [-0.1, -0.05) is 6.07 Å². The van der Waals surface area contributed by atoms with E-state index in [1.807, 2.05) is 24.4 Å². The van der Waals surface area contributed by atoms with E-state index in [0.717, 1.165) is 12.5 Å². The molecule has 2 aromatic rings. The number of likely N-dealkylation sites (N-methyl/N-ethyl adjacent to an activating group) is 1. The SMILES string of the molecule is CC(Cc1cccs1)N(C)C(=O)c1ccnc(F)c1. The van der Waals surface area contributed by atoms with Crippen LogP contribution in [0.2, 0.25) is 0 Å². The molecule has 0 spiro atoms. The van der Waals surface area contributed by atoms with Crippen molar-refractivity contribution in [1.82, 2.24) is 9.88 Å². The summed E-state index contributed by atoms with van der Waals surface area (Å²) in [6.07, 6.45) is 2.10. The Labute approximate surface area is 115 Å². The lowest BCUT2D eigenvalue weighted by molar-refractivity contribution is 0.0743. The van der Waals surface area contributed by atoms with Gasteiger partial charge in [0, 0.05) is 42.2 Å². The van der Waals surface area contributed by atoms with Gasteiger partial charge in [0.05, 0.1) is 0 Å². The van der Waals surface area contributed by atoms with Crippen LogP contribution in [0.25, 0.3) is 0 Å². The van der Waals surface area contributed by atoms with E-state index in [1.54, 1.807) is 23.3 Å². The van der Waals surface area contributed by atoms with Gasteiger partial charge < -0.3 is 4.90 Å². The first-order valence-electron chi connectivity index (χ1n) is 5.99. The molecule has 0 bridgehead atoms. The number of hydrogen-bond donors (Lipinski definition) is 0. The number of carbonyl (C=O) groups excluding carboxylic acids is 1. The van der Waals surface area contributed by atoms with Crippen molar-refractivity contribution >= 4 is 17.2 Å². The molecule has 0 saturated carbocycles. The third-order valence-corrected chi connectivity index (χ3v) is 3.93. The van der Waals surface area contributed by atoms with Crippen molar-refractivity contribution in [3.05, 3.63) is 52.2 Å². The third-order valence-electron chi connectivity index (χ3n) is 3.03. The molecule has 0 aliphatic carbocycles. The molecule has 1 amide bonds. The maximum absolute atomic E-state index is 13.0. The van der Waals surface area contributed by atoms with Gasteiger partial charge in [-0.3, -0.25) is 4.79 Å². The molecule has 5 heteroatoms. The molecule has 1 atom stereocenters. The van der Waals surface area contributed by atoms with Gasteiger partial charge in [-0.2, -0.15) is 4.39 Å². The molecule has 0 aliphatic rings. The Morgan fingerprint density at radius 1 is 1.53 bits per heavy atom. The third kappa shape index (κ3) is 3.38. The molecule has 0 aliphatic heterocycles. The van der Waals surface area contributed by atoms with E-state index in [4.69, 9.17) is 0 Å². The Kier molecular flexibility index (Phi) is 4.27. The van der Waals surface area contributed by atoms with Crippen molar-refractivity contribution < 1.29 is 9.18 Å². The van der Waals surface area contributed by atoms with Crippen molar-refractivity contribution in [2.45, 2.75) is 19.4 Å². The van der Waals surface area contributed by atoms with Crippen molar-refractivity contribution in [1.29, 1.82) is 0 Å². The predicted octanol–water partition coefficient (Wildman–Crippen LogP) is 2.99. The Morgan fingerprint density at radius 3 is 2.95 bits per heavy atom. The van der Waals surface area contributed by atoms with E-state index in [1.165, 1.54) is 17.1 Å². The van der Waals surface area contributed by atoms with E-state index in [-0.39, 0.29) is 11.9 Å². The van der Waals surface area contributed by atoms with Gasteiger partial charge in [0.1, 0.15) is 0 Å². The molecule has 100 valence electrons. The molecular weight excluding hydrogens is 263 g/mol. The first-order chi connectivity index (χ1) is 9.08. The minimum atomic E-state index is -0.634. The lowest BCUT2D eigenvalue weighted by atomic mass is 10.1. The smallest absolute Gasteiger partial charge is 0.254 e. The summed E-state index contributed by atoms with van der Waals surface area (Å²) in [4.78, 5) is 18.5. The standard InChI is InChI=1S/C14H15FN2OS/c1-10(8-12-4-3-7-19-12)17(2)14(18)11-5-6-16-13(15)9-11/h3-7,9-10H,8H2,1-2H3. The molecule has 2 heterocycles. The fourth-order valence-electron chi connectivity index (χ4n) is 1.80. The zero-order valence-corrected chi connectivity index (χ0v) is 11.7. The zero-order chi connectivity index (χ0) is 13.8. The van der Waals surface area contributed by atoms with Crippen LogP contribution in [0.5, 0.6) is 0 Å². The summed E-state index contributed by atoms with van der Waals surface area (Å²) >= 11 is 1.67. The van der Waals surface area contributed by atoms with Crippen LogP contribution < -0.4 is 0 Å². The minimum absolute atomic E-state index is 0.0578. The van der Waals surface area contributed by atoms with Crippen LogP contribution in [0.3, 0.4) is 0 Å².